The molecule has 119 valence electrons. The molecule has 0 saturated carbocycles. The summed E-state index contributed by atoms with van der Waals surface area (Å²) in [5, 5.41) is 0. The molecule has 1 radical (unpaired) electrons. The van der Waals surface area contributed by atoms with Crippen molar-refractivity contribution in [2.24, 2.45) is 0 Å². The average Bonchev–Trinajstić information content (AvgIpc) is 2.51. The second kappa shape index (κ2) is 8.81. The van der Waals surface area contributed by atoms with Gasteiger partial charge in [0.15, 0.2) is 0 Å². The first kappa shape index (κ1) is 17.7. The number of nitrogens with zero attached hydrogens (tertiary/aromatic N) is 3. The van der Waals surface area contributed by atoms with Gasteiger partial charge in [0, 0.05) is 62.4 Å². The van der Waals surface area contributed by atoms with Crippen LogP contribution in [0.3, 0.4) is 0 Å². The fraction of sp³-hybridized carbons (Fsp3) is 0.667. The number of benzene rings is 1. The normalized spacial score (nSPS) is 10.6. The van der Waals surface area contributed by atoms with Crippen LogP contribution in [0, 0.1) is 6.07 Å². The van der Waals surface area contributed by atoms with Crippen LogP contribution in [0.1, 0.15) is 41.5 Å². The van der Waals surface area contributed by atoms with E-state index in [1.165, 1.54) is 17.1 Å². The lowest BCUT2D eigenvalue weighted by Crippen LogP contribution is -2.27. The first-order valence-corrected chi connectivity index (χ1v) is 8.47. The molecule has 1 aromatic rings. The van der Waals surface area contributed by atoms with Crippen molar-refractivity contribution in [3.8, 4) is 0 Å². The van der Waals surface area contributed by atoms with E-state index in [2.05, 4.69) is 74.4 Å². The van der Waals surface area contributed by atoms with Gasteiger partial charge in [0.1, 0.15) is 0 Å². The Labute approximate surface area is 131 Å². The lowest BCUT2D eigenvalue weighted by Gasteiger charge is -2.29. The summed E-state index contributed by atoms with van der Waals surface area (Å²) < 4.78 is 0. The third kappa shape index (κ3) is 4.29. The molecule has 0 aliphatic heterocycles. The van der Waals surface area contributed by atoms with E-state index in [-0.39, 0.29) is 0 Å². The molecule has 0 heterocycles. The van der Waals surface area contributed by atoms with Gasteiger partial charge in [-0.05, 0) is 53.7 Å². The van der Waals surface area contributed by atoms with E-state index in [1.54, 1.807) is 0 Å². The minimum atomic E-state index is 1.02. The number of anilines is 3. The highest BCUT2D eigenvalue weighted by Crippen LogP contribution is 2.29. The molecule has 21 heavy (non-hydrogen) atoms. The van der Waals surface area contributed by atoms with Crippen LogP contribution in [-0.2, 0) is 0 Å². The predicted octanol–water partition coefficient (Wildman–Crippen LogP) is 4.03. The van der Waals surface area contributed by atoms with Crippen molar-refractivity contribution < 1.29 is 0 Å². The lowest BCUT2D eigenvalue weighted by molar-refractivity contribution is 0.837. The van der Waals surface area contributed by atoms with Crippen molar-refractivity contribution in [1.29, 1.82) is 0 Å². The quantitative estimate of drug-likeness (QED) is 0.680. The van der Waals surface area contributed by atoms with Crippen molar-refractivity contribution in [3.05, 3.63) is 18.2 Å². The van der Waals surface area contributed by atoms with Crippen molar-refractivity contribution in [2.75, 3.05) is 54.0 Å². The van der Waals surface area contributed by atoms with E-state index < -0.39 is 0 Å². The van der Waals surface area contributed by atoms with Gasteiger partial charge in [0.25, 0.3) is 0 Å². The Hall–Kier alpha value is -1.38. The van der Waals surface area contributed by atoms with Crippen LogP contribution in [0.5, 0.6) is 0 Å². The Kier molecular flexibility index (Phi) is 7.41. The lowest BCUT2D eigenvalue weighted by atomic mass is 10.2. The van der Waals surface area contributed by atoms with Crippen LogP contribution in [0.4, 0.5) is 17.1 Å². The molecule has 0 unspecified atom stereocenters. The number of rotatable bonds is 9. The van der Waals surface area contributed by atoms with Gasteiger partial charge in [-0.3, -0.25) is 0 Å². The summed E-state index contributed by atoms with van der Waals surface area (Å²) in [6.07, 6.45) is 0. The second-order valence-corrected chi connectivity index (χ2v) is 5.13. The molecule has 1 rings (SSSR count). The molecule has 1 aromatic carbocycles. The molecule has 0 bridgehead atoms. The highest BCUT2D eigenvalue weighted by Gasteiger charge is 2.12. The van der Waals surface area contributed by atoms with E-state index in [9.17, 15) is 0 Å². The molecular weight excluding hydrogens is 258 g/mol. The summed E-state index contributed by atoms with van der Waals surface area (Å²) in [7, 11) is 0. The summed E-state index contributed by atoms with van der Waals surface area (Å²) in [6.45, 7) is 19.4. The highest BCUT2D eigenvalue weighted by atomic mass is 15.2. The second-order valence-electron chi connectivity index (χ2n) is 5.13. The SMILES string of the molecule is CCN(CC)c1[c]c(N(CC)CC)cc(N(CC)CC)c1. The Balaban J connectivity index is 3.30. The minimum Gasteiger partial charge on any atom is -0.372 e. The predicted molar refractivity (Wildman–Crippen MR) is 96.0 cm³/mol. The van der Waals surface area contributed by atoms with Crippen LogP contribution in [0.25, 0.3) is 0 Å². The van der Waals surface area contributed by atoms with E-state index >= 15 is 0 Å². The van der Waals surface area contributed by atoms with Crippen LogP contribution in [0.15, 0.2) is 12.1 Å². The van der Waals surface area contributed by atoms with Crippen LogP contribution >= 0.6 is 0 Å². The van der Waals surface area contributed by atoms with Gasteiger partial charge in [-0.25, -0.2) is 0 Å². The third-order valence-electron chi connectivity index (χ3n) is 4.16. The molecule has 0 aliphatic carbocycles. The van der Waals surface area contributed by atoms with Gasteiger partial charge < -0.3 is 14.7 Å². The van der Waals surface area contributed by atoms with Gasteiger partial charge >= 0.3 is 0 Å². The molecule has 0 aliphatic rings. The monoisotopic (exact) mass is 290 g/mol. The van der Waals surface area contributed by atoms with E-state index in [4.69, 9.17) is 0 Å². The molecular formula is C18H32N3. The van der Waals surface area contributed by atoms with Crippen LogP contribution < -0.4 is 14.7 Å². The Bertz CT molecular complexity index is 331. The number of hydrogen-bond donors (Lipinski definition) is 0. The maximum absolute atomic E-state index is 3.62. The summed E-state index contributed by atoms with van der Waals surface area (Å²) in [5.74, 6) is 0. The topological polar surface area (TPSA) is 9.72 Å². The molecule has 0 aromatic heterocycles. The van der Waals surface area contributed by atoms with Crippen LogP contribution in [-0.4, -0.2) is 39.3 Å². The zero-order valence-electron chi connectivity index (χ0n) is 14.7. The first-order chi connectivity index (χ1) is 10.1. The fourth-order valence-corrected chi connectivity index (χ4v) is 2.77. The number of hydrogen-bond acceptors (Lipinski definition) is 3. The van der Waals surface area contributed by atoms with E-state index in [0.717, 1.165) is 39.3 Å². The maximum Gasteiger partial charge on any atom is 0.0489 e. The first-order valence-electron chi connectivity index (χ1n) is 8.47. The molecule has 3 nitrogen and oxygen atoms in total. The van der Waals surface area contributed by atoms with Crippen molar-refractivity contribution in [2.45, 2.75) is 41.5 Å². The summed E-state index contributed by atoms with van der Waals surface area (Å²) in [4.78, 5) is 7.16. The maximum atomic E-state index is 3.62. The zero-order valence-corrected chi connectivity index (χ0v) is 14.7. The zero-order chi connectivity index (χ0) is 15.8. The van der Waals surface area contributed by atoms with E-state index in [0.29, 0.717) is 0 Å². The van der Waals surface area contributed by atoms with E-state index in [1.807, 2.05) is 0 Å². The molecule has 0 spiro atoms. The highest BCUT2D eigenvalue weighted by molar-refractivity contribution is 5.68. The smallest absolute Gasteiger partial charge is 0.0489 e. The molecule has 0 amide bonds. The van der Waals surface area contributed by atoms with Crippen molar-refractivity contribution >= 4 is 17.1 Å². The molecule has 3 heteroatoms. The van der Waals surface area contributed by atoms with Gasteiger partial charge in [0.05, 0.1) is 0 Å². The summed E-state index contributed by atoms with van der Waals surface area (Å²) in [5.41, 5.74) is 3.74. The van der Waals surface area contributed by atoms with Crippen molar-refractivity contribution in [1.82, 2.24) is 0 Å². The molecule has 0 saturated heterocycles. The summed E-state index contributed by atoms with van der Waals surface area (Å²) in [6, 6.07) is 8.19. The minimum absolute atomic E-state index is 1.02. The van der Waals surface area contributed by atoms with Gasteiger partial charge in [-0.2, -0.15) is 0 Å². The average molecular weight is 290 g/mol. The Morgan fingerprint density at radius 2 is 0.952 bits per heavy atom. The van der Waals surface area contributed by atoms with Gasteiger partial charge in [0.2, 0.25) is 0 Å². The van der Waals surface area contributed by atoms with Gasteiger partial charge in [-0.1, -0.05) is 0 Å². The molecule has 0 fully saturated rings. The third-order valence-corrected chi connectivity index (χ3v) is 4.16. The van der Waals surface area contributed by atoms with Crippen LogP contribution in [0.2, 0.25) is 0 Å². The Morgan fingerprint density at radius 3 is 1.24 bits per heavy atom. The largest absolute Gasteiger partial charge is 0.372 e. The van der Waals surface area contributed by atoms with Gasteiger partial charge in [-0.15, -0.1) is 0 Å². The summed E-state index contributed by atoms with van der Waals surface area (Å²) >= 11 is 0. The Morgan fingerprint density at radius 1 is 0.619 bits per heavy atom. The molecule has 0 atom stereocenters. The standard InChI is InChI=1S/C18H32N3/c1-7-19(8-2)16-13-17(20(9-3)10-4)15-18(14-16)21(11-5)12-6/h13-14H,7-12H2,1-6H3. The molecule has 0 N–H and O–H groups in total. The fourth-order valence-electron chi connectivity index (χ4n) is 2.77. The van der Waals surface area contributed by atoms with Crippen molar-refractivity contribution in [3.63, 3.8) is 0 Å².